The number of benzene rings is 1. The zero-order valence-electron chi connectivity index (χ0n) is 12.9. The molecule has 0 bridgehead atoms. The lowest BCUT2D eigenvalue weighted by molar-refractivity contribution is 0.0950. The first-order valence-electron chi connectivity index (χ1n) is 8.04. The molecule has 120 valence electrons. The lowest BCUT2D eigenvalue weighted by atomic mass is 10.1. The SMILES string of the molecule is O=C(NCc1n[nH]c2c1CCCCC2)c1ccc2c(c1)OCO2. The average Bonchev–Trinajstić information content (AvgIpc) is 3.12. The maximum Gasteiger partial charge on any atom is 0.251 e. The van der Waals surface area contributed by atoms with Crippen LogP contribution in [0.1, 0.15) is 46.6 Å². The highest BCUT2D eigenvalue weighted by molar-refractivity contribution is 5.94. The zero-order valence-corrected chi connectivity index (χ0v) is 12.9. The van der Waals surface area contributed by atoms with Crippen molar-refractivity contribution in [1.29, 1.82) is 0 Å². The zero-order chi connectivity index (χ0) is 15.6. The number of carbonyl (C=O) groups is 1. The van der Waals surface area contributed by atoms with E-state index < -0.39 is 0 Å². The number of aromatic amines is 1. The van der Waals surface area contributed by atoms with Crippen molar-refractivity contribution in [2.45, 2.75) is 38.6 Å². The molecule has 1 amide bonds. The molecule has 0 radical (unpaired) electrons. The van der Waals surface area contributed by atoms with Crippen molar-refractivity contribution >= 4 is 5.91 Å². The quantitative estimate of drug-likeness (QED) is 0.853. The molecule has 1 aromatic heterocycles. The third-order valence-corrected chi connectivity index (χ3v) is 4.44. The Morgan fingerprint density at radius 3 is 3.00 bits per heavy atom. The number of fused-ring (bicyclic) bond motifs is 2. The number of amides is 1. The number of nitrogens with one attached hydrogen (secondary N) is 2. The van der Waals surface area contributed by atoms with Crippen molar-refractivity contribution in [3.05, 3.63) is 40.7 Å². The highest BCUT2D eigenvalue weighted by atomic mass is 16.7. The first kappa shape index (κ1) is 14.1. The Balaban J connectivity index is 1.45. The van der Waals surface area contributed by atoms with E-state index in [9.17, 15) is 4.79 Å². The van der Waals surface area contributed by atoms with Crippen LogP contribution in [0.3, 0.4) is 0 Å². The summed E-state index contributed by atoms with van der Waals surface area (Å²) < 4.78 is 10.6. The van der Waals surface area contributed by atoms with E-state index in [0.717, 1.165) is 18.5 Å². The number of aryl methyl sites for hydroxylation is 1. The predicted molar refractivity (Wildman–Crippen MR) is 83.6 cm³/mol. The Kier molecular flexibility index (Phi) is 3.65. The summed E-state index contributed by atoms with van der Waals surface area (Å²) in [5.74, 6) is 1.17. The van der Waals surface area contributed by atoms with Crippen LogP contribution in [0.5, 0.6) is 11.5 Å². The third kappa shape index (κ3) is 2.76. The molecule has 6 heteroatoms. The summed E-state index contributed by atoms with van der Waals surface area (Å²) in [4.78, 5) is 12.3. The molecule has 0 saturated heterocycles. The number of aromatic nitrogens is 2. The largest absolute Gasteiger partial charge is 0.454 e. The van der Waals surface area contributed by atoms with E-state index in [2.05, 4.69) is 15.5 Å². The highest BCUT2D eigenvalue weighted by Gasteiger charge is 2.18. The smallest absolute Gasteiger partial charge is 0.251 e. The van der Waals surface area contributed by atoms with E-state index in [1.807, 2.05) is 0 Å². The molecule has 23 heavy (non-hydrogen) atoms. The third-order valence-electron chi connectivity index (χ3n) is 4.44. The summed E-state index contributed by atoms with van der Waals surface area (Å²) in [6.45, 7) is 0.652. The average molecular weight is 313 g/mol. The van der Waals surface area contributed by atoms with Gasteiger partial charge < -0.3 is 14.8 Å². The van der Waals surface area contributed by atoms with Crippen LogP contribution >= 0.6 is 0 Å². The van der Waals surface area contributed by atoms with Gasteiger partial charge in [-0.2, -0.15) is 5.10 Å². The molecule has 0 spiro atoms. The number of hydrogen-bond donors (Lipinski definition) is 2. The summed E-state index contributed by atoms with van der Waals surface area (Å²) in [6, 6.07) is 5.22. The molecule has 0 saturated carbocycles. The number of carbonyl (C=O) groups excluding carboxylic acids is 1. The number of ether oxygens (including phenoxy) is 2. The Hall–Kier alpha value is -2.50. The van der Waals surface area contributed by atoms with E-state index in [0.29, 0.717) is 23.6 Å². The van der Waals surface area contributed by atoms with Gasteiger partial charge in [-0.25, -0.2) is 0 Å². The molecule has 2 heterocycles. The molecule has 2 N–H and O–H groups in total. The normalized spacial score (nSPS) is 15.8. The lowest BCUT2D eigenvalue weighted by Crippen LogP contribution is -2.23. The molecule has 0 atom stereocenters. The molecule has 4 rings (SSSR count). The minimum Gasteiger partial charge on any atom is -0.454 e. The van der Waals surface area contributed by atoms with Crippen molar-refractivity contribution in [1.82, 2.24) is 15.5 Å². The number of hydrogen-bond acceptors (Lipinski definition) is 4. The van der Waals surface area contributed by atoms with E-state index >= 15 is 0 Å². The van der Waals surface area contributed by atoms with E-state index in [1.165, 1.54) is 30.5 Å². The molecule has 1 aliphatic heterocycles. The standard InChI is InChI=1S/C17H19N3O3/c21-17(11-6-7-15-16(8-11)23-10-22-15)18-9-14-12-4-2-1-3-5-13(12)19-20-14/h6-8H,1-5,9-10H2,(H,18,21)(H,19,20). The molecule has 6 nitrogen and oxygen atoms in total. The fraction of sp³-hybridized carbons (Fsp3) is 0.412. The van der Waals surface area contributed by atoms with E-state index in [-0.39, 0.29) is 12.7 Å². The van der Waals surface area contributed by atoms with E-state index in [4.69, 9.17) is 9.47 Å². The van der Waals surface area contributed by atoms with Crippen LogP contribution < -0.4 is 14.8 Å². The van der Waals surface area contributed by atoms with E-state index in [1.54, 1.807) is 18.2 Å². The first-order chi connectivity index (χ1) is 11.3. The van der Waals surface area contributed by atoms with Crippen LogP contribution in [-0.2, 0) is 19.4 Å². The fourth-order valence-electron chi connectivity index (χ4n) is 3.18. The van der Waals surface area contributed by atoms with Gasteiger partial charge in [0, 0.05) is 11.3 Å². The molecule has 0 unspecified atom stereocenters. The highest BCUT2D eigenvalue weighted by Crippen LogP contribution is 2.32. The van der Waals surface area contributed by atoms with Crippen molar-refractivity contribution in [2.75, 3.05) is 6.79 Å². The first-order valence-corrected chi connectivity index (χ1v) is 8.04. The molecule has 1 aromatic carbocycles. The summed E-state index contributed by atoms with van der Waals surface area (Å²) in [5, 5.41) is 10.4. The summed E-state index contributed by atoms with van der Waals surface area (Å²) in [5.41, 5.74) is 4.04. The van der Waals surface area contributed by atoms with Gasteiger partial charge in [-0.15, -0.1) is 0 Å². The predicted octanol–water partition coefficient (Wildman–Crippen LogP) is 2.34. The second-order valence-corrected chi connectivity index (χ2v) is 5.94. The van der Waals surface area contributed by atoms with Crippen LogP contribution in [0, 0.1) is 0 Å². The van der Waals surface area contributed by atoms with Gasteiger partial charge in [0.25, 0.3) is 5.91 Å². The molecule has 2 aliphatic rings. The van der Waals surface area contributed by atoms with Crippen LogP contribution in [-0.4, -0.2) is 22.9 Å². The topological polar surface area (TPSA) is 76.2 Å². The molecule has 1 aliphatic carbocycles. The van der Waals surface area contributed by atoms with Crippen LogP contribution in [0.25, 0.3) is 0 Å². The van der Waals surface area contributed by atoms with Gasteiger partial charge in [0.2, 0.25) is 6.79 Å². The van der Waals surface area contributed by atoms with Crippen LogP contribution in [0.2, 0.25) is 0 Å². The van der Waals surface area contributed by atoms with Gasteiger partial charge in [-0.05, 0) is 49.4 Å². The van der Waals surface area contributed by atoms with Gasteiger partial charge in [-0.1, -0.05) is 6.42 Å². The second kappa shape index (κ2) is 5.95. The molecule has 2 aromatic rings. The maximum absolute atomic E-state index is 12.3. The van der Waals surface area contributed by atoms with Crippen LogP contribution in [0.4, 0.5) is 0 Å². The Labute approximate surface area is 134 Å². The minimum absolute atomic E-state index is 0.131. The van der Waals surface area contributed by atoms with Crippen LogP contribution in [0.15, 0.2) is 18.2 Å². The Morgan fingerprint density at radius 2 is 2.04 bits per heavy atom. The lowest BCUT2D eigenvalue weighted by Gasteiger charge is -2.06. The minimum atomic E-state index is -0.131. The number of H-pyrrole nitrogens is 1. The Morgan fingerprint density at radius 1 is 1.17 bits per heavy atom. The van der Waals surface area contributed by atoms with Crippen molar-refractivity contribution < 1.29 is 14.3 Å². The molecule has 0 fully saturated rings. The summed E-state index contributed by atoms with van der Waals surface area (Å²) >= 11 is 0. The molecular formula is C17H19N3O3. The summed E-state index contributed by atoms with van der Waals surface area (Å²) in [7, 11) is 0. The fourth-order valence-corrected chi connectivity index (χ4v) is 3.18. The van der Waals surface area contributed by atoms with Gasteiger partial charge >= 0.3 is 0 Å². The number of rotatable bonds is 3. The maximum atomic E-state index is 12.3. The van der Waals surface area contributed by atoms with Gasteiger partial charge in [-0.3, -0.25) is 9.89 Å². The second-order valence-electron chi connectivity index (χ2n) is 5.94. The van der Waals surface area contributed by atoms with Crippen molar-refractivity contribution in [3.8, 4) is 11.5 Å². The monoisotopic (exact) mass is 313 g/mol. The molecular weight excluding hydrogens is 294 g/mol. The van der Waals surface area contributed by atoms with Gasteiger partial charge in [0.1, 0.15) is 0 Å². The van der Waals surface area contributed by atoms with Gasteiger partial charge in [0.15, 0.2) is 11.5 Å². The van der Waals surface area contributed by atoms with Crippen molar-refractivity contribution in [2.24, 2.45) is 0 Å². The Bertz CT molecular complexity index is 739. The number of nitrogens with zero attached hydrogens (tertiary/aromatic N) is 1. The summed E-state index contributed by atoms with van der Waals surface area (Å²) in [6.07, 6.45) is 5.75. The van der Waals surface area contributed by atoms with Gasteiger partial charge in [0.05, 0.1) is 12.2 Å². The van der Waals surface area contributed by atoms with Crippen molar-refractivity contribution in [3.63, 3.8) is 0 Å².